The SMILES string of the molecule is CNc1nc(C)cc(NC(C)Cn2ccnc2)n1. The fraction of sp³-hybridized carbons (Fsp3) is 0.417. The number of hydrogen-bond donors (Lipinski definition) is 2. The number of rotatable bonds is 5. The standard InChI is InChI=1S/C12H18N6/c1-9-6-11(17-12(13-3)16-9)15-10(2)7-18-5-4-14-8-18/h4-6,8,10H,7H2,1-3H3,(H2,13,15,16,17). The largest absolute Gasteiger partial charge is 0.366 e. The zero-order valence-electron chi connectivity index (χ0n) is 10.9. The summed E-state index contributed by atoms with van der Waals surface area (Å²) < 4.78 is 2.03. The van der Waals surface area contributed by atoms with Crippen LogP contribution in [0.1, 0.15) is 12.6 Å². The van der Waals surface area contributed by atoms with Gasteiger partial charge in [-0.3, -0.25) is 0 Å². The van der Waals surface area contributed by atoms with E-state index in [1.807, 2.05) is 37.1 Å². The Hall–Kier alpha value is -2.11. The summed E-state index contributed by atoms with van der Waals surface area (Å²) in [6, 6.07) is 2.20. The van der Waals surface area contributed by atoms with Crippen LogP contribution < -0.4 is 10.6 Å². The lowest BCUT2D eigenvalue weighted by molar-refractivity contribution is 0.617. The van der Waals surface area contributed by atoms with Crippen LogP contribution in [-0.4, -0.2) is 32.6 Å². The molecule has 2 aromatic rings. The number of aromatic nitrogens is 4. The first-order valence-electron chi connectivity index (χ1n) is 5.93. The van der Waals surface area contributed by atoms with Gasteiger partial charge in [-0.1, -0.05) is 0 Å². The van der Waals surface area contributed by atoms with E-state index >= 15 is 0 Å². The van der Waals surface area contributed by atoms with Gasteiger partial charge in [0.1, 0.15) is 5.82 Å². The van der Waals surface area contributed by atoms with Gasteiger partial charge < -0.3 is 15.2 Å². The third kappa shape index (κ3) is 3.19. The molecule has 2 N–H and O–H groups in total. The molecule has 6 nitrogen and oxygen atoms in total. The van der Waals surface area contributed by atoms with Crippen LogP contribution in [0.2, 0.25) is 0 Å². The van der Waals surface area contributed by atoms with E-state index in [4.69, 9.17) is 0 Å². The molecule has 2 aromatic heterocycles. The average molecular weight is 246 g/mol. The molecule has 1 unspecified atom stereocenters. The van der Waals surface area contributed by atoms with Crippen LogP contribution in [0.15, 0.2) is 24.8 Å². The van der Waals surface area contributed by atoms with Crippen LogP contribution >= 0.6 is 0 Å². The van der Waals surface area contributed by atoms with Crippen molar-refractivity contribution in [2.75, 3.05) is 17.7 Å². The molecule has 0 fully saturated rings. The molecule has 0 saturated heterocycles. The predicted octanol–water partition coefficient (Wildman–Crippen LogP) is 1.52. The van der Waals surface area contributed by atoms with Gasteiger partial charge in [0.2, 0.25) is 5.95 Å². The molecule has 96 valence electrons. The van der Waals surface area contributed by atoms with Crippen molar-refractivity contribution in [3.63, 3.8) is 0 Å². The minimum absolute atomic E-state index is 0.262. The van der Waals surface area contributed by atoms with E-state index in [0.29, 0.717) is 5.95 Å². The van der Waals surface area contributed by atoms with Crippen molar-refractivity contribution in [1.82, 2.24) is 19.5 Å². The summed E-state index contributed by atoms with van der Waals surface area (Å²) in [4.78, 5) is 12.6. The third-order valence-electron chi connectivity index (χ3n) is 2.52. The van der Waals surface area contributed by atoms with Crippen molar-refractivity contribution in [2.24, 2.45) is 0 Å². The first-order valence-corrected chi connectivity index (χ1v) is 5.93. The molecule has 0 spiro atoms. The Morgan fingerprint density at radius 1 is 1.39 bits per heavy atom. The Labute approximate surface area is 106 Å². The van der Waals surface area contributed by atoms with Gasteiger partial charge in [-0.25, -0.2) is 9.97 Å². The van der Waals surface area contributed by atoms with Crippen molar-refractivity contribution in [3.8, 4) is 0 Å². The molecule has 0 aliphatic carbocycles. The monoisotopic (exact) mass is 246 g/mol. The van der Waals surface area contributed by atoms with Crippen molar-refractivity contribution in [3.05, 3.63) is 30.5 Å². The molecule has 2 rings (SSSR count). The number of imidazole rings is 1. The Morgan fingerprint density at radius 2 is 2.22 bits per heavy atom. The number of anilines is 2. The highest BCUT2D eigenvalue weighted by Crippen LogP contribution is 2.10. The number of nitrogens with zero attached hydrogens (tertiary/aromatic N) is 4. The zero-order chi connectivity index (χ0) is 13.0. The van der Waals surface area contributed by atoms with Crippen molar-refractivity contribution in [2.45, 2.75) is 26.4 Å². The molecule has 18 heavy (non-hydrogen) atoms. The second kappa shape index (κ2) is 5.48. The normalized spacial score (nSPS) is 12.2. The predicted molar refractivity (Wildman–Crippen MR) is 71.6 cm³/mol. The lowest BCUT2D eigenvalue weighted by atomic mass is 10.3. The summed E-state index contributed by atoms with van der Waals surface area (Å²) in [7, 11) is 1.81. The molecule has 0 amide bonds. The average Bonchev–Trinajstić information content (AvgIpc) is 2.80. The fourth-order valence-corrected chi connectivity index (χ4v) is 1.76. The Bertz CT molecular complexity index is 493. The lowest BCUT2D eigenvalue weighted by Crippen LogP contribution is -2.22. The highest BCUT2D eigenvalue weighted by molar-refractivity contribution is 5.42. The molecule has 0 saturated carbocycles. The maximum absolute atomic E-state index is 4.36. The lowest BCUT2D eigenvalue weighted by Gasteiger charge is -2.15. The minimum atomic E-state index is 0.262. The van der Waals surface area contributed by atoms with Gasteiger partial charge in [0.05, 0.1) is 6.33 Å². The second-order valence-corrected chi connectivity index (χ2v) is 4.27. The van der Waals surface area contributed by atoms with Crippen LogP contribution in [-0.2, 0) is 6.54 Å². The van der Waals surface area contributed by atoms with Gasteiger partial charge in [0.25, 0.3) is 0 Å². The summed E-state index contributed by atoms with van der Waals surface area (Å²) in [5, 5.41) is 6.31. The van der Waals surface area contributed by atoms with E-state index in [1.165, 1.54) is 0 Å². The van der Waals surface area contributed by atoms with Crippen molar-refractivity contribution < 1.29 is 0 Å². The van der Waals surface area contributed by atoms with Crippen LogP contribution in [0.5, 0.6) is 0 Å². The molecule has 0 bridgehead atoms. The molecule has 1 atom stereocenters. The van der Waals surface area contributed by atoms with Crippen LogP contribution in [0, 0.1) is 6.92 Å². The summed E-state index contributed by atoms with van der Waals surface area (Å²) in [6.07, 6.45) is 5.53. The maximum Gasteiger partial charge on any atom is 0.224 e. The topological polar surface area (TPSA) is 67.7 Å². The van der Waals surface area contributed by atoms with E-state index in [9.17, 15) is 0 Å². The Balaban J connectivity index is 2.02. The van der Waals surface area contributed by atoms with Gasteiger partial charge in [-0.05, 0) is 13.8 Å². The molecule has 2 heterocycles. The summed E-state index contributed by atoms with van der Waals surface area (Å²) >= 11 is 0. The van der Waals surface area contributed by atoms with Crippen LogP contribution in [0.3, 0.4) is 0 Å². The van der Waals surface area contributed by atoms with E-state index in [1.54, 1.807) is 6.20 Å². The van der Waals surface area contributed by atoms with Gasteiger partial charge >= 0.3 is 0 Å². The first-order chi connectivity index (χ1) is 8.67. The second-order valence-electron chi connectivity index (χ2n) is 4.27. The van der Waals surface area contributed by atoms with Gasteiger partial charge in [-0.15, -0.1) is 0 Å². The molecular weight excluding hydrogens is 228 g/mol. The molecule has 0 aliphatic rings. The minimum Gasteiger partial charge on any atom is -0.366 e. The van der Waals surface area contributed by atoms with Crippen molar-refractivity contribution in [1.29, 1.82) is 0 Å². The van der Waals surface area contributed by atoms with Crippen LogP contribution in [0.4, 0.5) is 11.8 Å². The van der Waals surface area contributed by atoms with E-state index in [2.05, 4.69) is 32.5 Å². The molecule has 6 heteroatoms. The third-order valence-corrected chi connectivity index (χ3v) is 2.52. The maximum atomic E-state index is 4.36. The molecule has 0 radical (unpaired) electrons. The van der Waals surface area contributed by atoms with Gasteiger partial charge in [0, 0.05) is 43.8 Å². The number of hydrogen-bond acceptors (Lipinski definition) is 5. The smallest absolute Gasteiger partial charge is 0.224 e. The van der Waals surface area contributed by atoms with E-state index in [0.717, 1.165) is 18.1 Å². The van der Waals surface area contributed by atoms with E-state index < -0.39 is 0 Å². The fourth-order valence-electron chi connectivity index (χ4n) is 1.76. The highest BCUT2D eigenvalue weighted by atomic mass is 15.1. The van der Waals surface area contributed by atoms with Gasteiger partial charge in [-0.2, -0.15) is 4.98 Å². The van der Waals surface area contributed by atoms with E-state index in [-0.39, 0.29) is 6.04 Å². The van der Waals surface area contributed by atoms with Crippen LogP contribution in [0.25, 0.3) is 0 Å². The Kier molecular flexibility index (Phi) is 3.76. The zero-order valence-corrected chi connectivity index (χ0v) is 10.9. The molecule has 0 aliphatic heterocycles. The summed E-state index contributed by atoms with van der Waals surface area (Å²) in [5.41, 5.74) is 0.937. The molecule has 0 aromatic carbocycles. The van der Waals surface area contributed by atoms with Gasteiger partial charge in [0.15, 0.2) is 0 Å². The quantitative estimate of drug-likeness (QED) is 0.837. The molecular formula is C12H18N6. The number of aryl methyl sites for hydroxylation is 1. The summed E-state index contributed by atoms with van der Waals surface area (Å²) in [6.45, 7) is 4.91. The summed E-state index contributed by atoms with van der Waals surface area (Å²) in [5.74, 6) is 1.46. The Morgan fingerprint density at radius 3 is 2.89 bits per heavy atom. The highest BCUT2D eigenvalue weighted by Gasteiger charge is 2.06. The number of nitrogens with one attached hydrogen (secondary N) is 2. The van der Waals surface area contributed by atoms with Crippen molar-refractivity contribution >= 4 is 11.8 Å². The first kappa shape index (κ1) is 12.3.